The fraction of sp³-hybridized carbons (Fsp3) is 0.125. The Kier molecular flexibility index (Phi) is 5.07. The molecule has 0 aliphatic rings. The Balaban J connectivity index is 2.13. The predicted octanol–water partition coefficient (Wildman–Crippen LogP) is 3.92. The standard InChI is InChI=1S/C16H13BrFNO2/c1-2-7-21-16-6-3-12(17)8-11(16)10-19-13-4-5-15(20)14(18)9-13/h1,3-6,8-9,19-20H,7,10H2. The van der Waals surface area contributed by atoms with E-state index in [1.54, 1.807) is 6.07 Å². The molecule has 3 nitrogen and oxygen atoms in total. The summed E-state index contributed by atoms with van der Waals surface area (Å²) < 4.78 is 19.6. The van der Waals surface area contributed by atoms with E-state index in [0.717, 1.165) is 10.0 Å². The Hall–Kier alpha value is -2.19. The summed E-state index contributed by atoms with van der Waals surface area (Å²) in [7, 11) is 0. The Morgan fingerprint density at radius 3 is 2.81 bits per heavy atom. The lowest BCUT2D eigenvalue weighted by Gasteiger charge is -2.12. The number of phenols is 1. The summed E-state index contributed by atoms with van der Waals surface area (Å²) in [6.45, 7) is 0.617. The van der Waals surface area contributed by atoms with Crippen LogP contribution in [0.4, 0.5) is 10.1 Å². The lowest BCUT2D eigenvalue weighted by atomic mass is 10.2. The van der Waals surface area contributed by atoms with Crippen LogP contribution in [0.25, 0.3) is 0 Å². The van der Waals surface area contributed by atoms with Gasteiger partial charge < -0.3 is 15.2 Å². The molecule has 0 aromatic heterocycles. The van der Waals surface area contributed by atoms with Crippen molar-refractivity contribution in [3.8, 4) is 23.8 Å². The molecule has 2 aromatic rings. The molecule has 0 aliphatic heterocycles. The van der Waals surface area contributed by atoms with E-state index in [9.17, 15) is 4.39 Å². The van der Waals surface area contributed by atoms with Crippen LogP contribution in [-0.2, 0) is 6.54 Å². The van der Waals surface area contributed by atoms with Crippen molar-refractivity contribution in [3.63, 3.8) is 0 Å². The van der Waals surface area contributed by atoms with Crippen LogP contribution in [0, 0.1) is 18.2 Å². The first-order valence-electron chi connectivity index (χ1n) is 6.17. The average Bonchev–Trinajstić information content (AvgIpc) is 2.47. The second-order valence-electron chi connectivity index (χ2n) is 4.26. The number of rotatable bonds is 5. The van der Waals surface area contributed by atoms with Crippen LogP contribution in [0.1, 0.15) is 5.56 Å². The van der Waals surface area contributed by atoms with Crippen molar-refractivity contribution in [1.82, 2.24) is 0 Å². The number of benzene rings is 2. The maximum absolute atomic E-state index is 13.3. The first-order chi connectivity index (χ1) is 10.1. The zero-order chi connectivity index (χ0) is 15.2. The molecule has 5 heteroatoms. The molecule has 0 radical (unpaired) electrons. The van der Waals surface area contributed by atoms with E-state index < -0.39 is 5.82 Å². The number of halogens is 2. The van der Waals surface area contributed by atoms with Crippen LogP contribution in [0.3, 0.4) is 0 Å². The largest absolute Gasteiger partial charge is 0.505 e. The topological polar surface area (TPSA) is 41.5 Å². The fourth-order valence-corrected chi connectivity index (χ4v) is 2.17. The van der Waals surface area contributed by atoms with Gasteiger partial charge in [0.2, 0.25) is 0 Å². The summed E-state index contributed by atoms with van der Waals surface area (Å²) in [4.78, 5) is 0. The average molecular weight is 350 g/mol. The third kappa shape index (κ3) is 4.14. The smallest absolute Gasteiger partial charge is 0.166 e. The molecule has 0 heterocycles. The quantitative estimate of drug-likeness (QED) is 0.635. The van der Waals surface area contributed by atoms with Crippen molar-refractivity contribution in [1.29, 1.82) is 0 Å². The molecule has 2 N–H and O–H groups in total. The molecule has 2 rings (SSSR count). The van der Waals surface area contributed by atoms with Gasteiger partial charge in [-0.2, -0.15) is 0 Å². The van der Waals surface area contributed by atoms with Gasteiger partial charge in [-0.05, 0) is 30.3 Å². The molecule has 2 aromatic carbocycles. The van der Waals surface area contributed by atoms with Crippen molar-refractivity contribution >= 4 is 21.6 Å². The molecule has 0 amide bonds. The summed E-state index contributed by atoms with van der Waals surface area (Å²) in [6.07, 6.45) is 5.19. The highest BCUT2D eigenvalue weighted by Crippen LogP contribution is 2.25. The maximum atomic E-state index is 13.3. The highest BCUT2D eigenvalue weighted by atomic mass is 79.9. The number of anilines is 1. The molecule has 0 aliphatic carbocycles. The monoisotopic (exact) mass is 349 g/mol. The minimum Gasteiger partial charge on any atom is -0.505 e. The van der Waals surface area contributed by atoms with Crippen LogP contribution < -0.4 is 10.1 Å². The zero-order valence-electron chi connectivity index (χ0n) is 11.1. The van der Waals surface area contributed by atoms with E-state index in [-0.39, 0.29) is 12.4 Å². The minimum atomic E-state index is -0.668. The molecular weight excluding hydrogens is 337 g/mol. The van der Waals surface area contributed by atoms with Crippen LogP contribution in [-0.4, -0.2) is 11.7 Å². The second-order valence-corrected chi connectivity index (χ2v) is 5.18. The first kappa shape index (κ1) is 15.2. The summed E-state index contributed by atoms with van der Waals surface area (Å²) in [6, 6.07) is 9.70. The fourth-order valence-electron chi connectivity index (χ4n) is 1.76. The number of hydrogen-bond donors (Lipinski definition) is 2. The molecule has 0 unspecified atom stereocenters. The van der Waals surface area contributed by atoms with Gasteiger partial charge in [-0.15, -0.1) is 6.42 Å². The molecule has 0 fully saturated rings. The van der Waals surface area contributed by atoms with E-state index in [1.807, 2.05) is 18.2 Å². The molecule has 0 bridgehead atoms. The molecule has 108 valence electrons. The van der Waals surface area contributed by atoms with Gasteiger partial charge in [0.05, 0.1) is 0 Å². The van der Waals surface area contributed by atoms with Crippen molar-refractivity contribution in [2.45, 2.75) is 6.54 Å². The van der Waals surface area contributed by atoms with Gasteiger partial charge in [-0.25, -0.2) is 4.39 Å². The van der Waals surface area contributed by atoms with Crippen molar-refractivity contribution in [2.24, 2.45) is 0 Å². The van der Waals surface area contributed by atoms with Gasteiger partial charge in [0.25, 0.3) is 0 Å². The van der Waals surface area contributed by atoms with E-state index >= 15 is 0 Å². The third-order valence-corrected chi connectivity index (χ3v) is 3.26. The van der Waals surface area contributed by atoms with Gasteiger partial charge >= 0.3 is 0 Å². The van der Waals surface area contributed by atoms with Crippen molar-refractivity contribution in [2.75, 3.05) is 11.9 Å². The number of hydrogen-bond acceptors (Lipinski definition) is 3. The predicted molar refractivity (Wildman–Crippen MR) is 83.9 cm³/mol. The number of ether oxygens (including phenoxy) is 1. The van der Waals surface area contributed by atoms with Crippen LogP contribution >= 0.6 is 15.9 Å². The summed E-state index contributed by atoms with van der Waals surface area (Å²) in [5, 5.41) is 12.2. The molecule has 0 saturated heterocycles. The Bertz CT molecular complexity index is 682. The molecular formula is C16H13BrFNO2. The van der Waals surface area contributed by atoms with Crippen molar-refractivity contribution in [3.05, 3.63) is 52.3 Å². The highest BCUT2D eigenvalue weighted by molar-refractivity contribution is 9.10. The minimum absolute atomic E-state index is 0.183. The molecule has 0 spiro atoms. The third-order valence-electron chi connectivity index (χ3n) is 2.76. The summed E-state index contributed by atoms with van der Waals surface area (Å²) >= 11 is 3.40. The molecule has 0 atom stereocenters. The van der Waals surface area contributed by atoms with E-state index in [0.29, 0.717) is 18.0 Å². The van der Waals surface area contributed by atoms with Crippen molar-refractivity contribution < 1.29 is 14.2 Å². The Labute approximate surface area is 130 Å². The van der Waals surface area contributed by atoms with Gasteiger partial charge in [0, 0.05) is 28.3 Å². The molecule has 21 heavy (non-hydrogen) atoms. The lowest BCUT2D eigenvalue weighted by molar-refractivity contribution is 0.366. The highest BCUT2D eigenvalue weighted by Gasteiger charge is 2.06. The SMILES string of the molecule is C#CCOc1ccc(Br)cc1CNc1ccc(O)c(F)c1. The van der Waals surface area contributed by atoms with Crippen LogP contribution in [0.15, 0.2) is 40.9 Å². The van der Waals surface area contributed by atoms with Gasteiger partial charge in [0.1, 0.15) is 12.4 Å². The normalized spacial score (nSPS) is 9.95. The summed E-state index contributed by atoms with van der Waals surface area (Å²) in [5.74, 6) is 2.04. The van der Waals surface area contributed by atoms with Gasteiger partial charge in [-0.1, -0.05) is 21.9 Å². The Morgan fingerprint density at radius 2 is 2.10 bits per heavy atom. The van der Waals surface area contributed by atoms with E-state index in [1.165, 1.54) is 12.1 Å². The number of aromatic hydroxyl groups is 1. The van der Waals surface area contributed by atoms with Crippen LogP contribution in [0.5, 0.6) is 11.5 Å². The lowest BCUT2D eigenvalue weighted by Crippen LogP contribution is -2.04. The Morgan fingerprint density at radius 1 is 1.29 bits per heavy atom. The first-order valence-corrected chi connectivity index (χ1v) is 6.96. The number of phenolic OH excluding ortho intramolecular Hbond substituents is 1. The number of nitrogens with one attached hydrogen (secondary N) is 1. The zero-order valence-corrected chi connectivity index (χ0v) is 12.7. The number of terminal acetylenes is 1. The maximum Gasteiger partial charge on any atom is 0.166 e. The second kappa shape index (κ2) is 7.00. The van der Waals surface area contributed by atoms with Gasteiger partial charge in [0.15, 0.2) is 11.6 Å². The van der Waals surface area contributed by atoms with E-state index in [4.69, 9.17) is 16.3 Å². The van der Waals surface area contributed by atoms with Crippen LogP contribution in [0.2, 0.25) is 0 Å². The molecule has 0 saturated carbocycles. The summed E-state index contributed by atoms with van der Waals surface area (Å²) in [5.41, 5.74) is 1.45. The van der Waals surface area contributed by atoms with E-state index in [2.05, 4.69) is 27.2 Å². The van der Waals surface area contributed by atoms with Gasteiger partial charge in [-0.3, -0.25) is 0 Å².